The Kier molecular flexibility index (Phi) is 9.13. The quantitative estimate of drug-likeness (QED) is 0.600. The van der Waals surface area contributed by atoms with Gasteiger partial charge in [-0.3, -0.25) is 0 Å². The van der Waals surface area contributed by atoms with Crippen molar-refractivity contribution in [2.24, 2.45) is 11.7 Å². The monoisotopic (exact) mass is 436 g/mol. The number of fused-ring (bicyclic) bond motifs is 1. The first-order chi connectivity index (χ1) is 12.5. The highest BCUT2D eigenvalue weighted by molar-refractivity contribution is 9.10. The molecule has 26 heavy (non-hydrogen) atoms. The van der Waals surface area contributed by atoms with Crippen molar-refractivity contribution in [2.75, 3.05) is 19.6 Å². The van der Waals surface area contributed by atoms with Crippen LogP contribution in [-0.4, -0.2) is 19.6 Å². The van der Waals surface area contributed by atoms with E-state index < -0.39 is 0 Å². The first kappa shape index (κ1) is 21.4. The Morgan fingerprint density at radius 1 is 1.19 bits per heavy atom. The van der Waals surface area contributed by atoms with Gasteiger partial charge < -0.3 is 11.1 Å². The molecule has 142 valence electrons. The maximum absolute atomic E-state index is 5.78. The Balaban J connectivity index is 0.000000143. The van der Waals surface area contributed by atoms with Crippen LogP contribution < -0.4 is 11.1 Å². The molecule has 0 saturated carbocycles. The maximum atomic E-state index is 5.78. The van der Waals surface area contributed by atoms with Crippen LogP contribution >= 0.6 is 27.5 Å². The Morgan fingerprint density at radius 3 is 2.50 bits per heavy atom. The van der Waals surface area contributed by atoms with Crippen molar-refractivity contribution in [3.63, 3.8) is 0 Å². The zero-order chi connectivity index (χ0) is 18.9. The first-order valence-corrected chi connectivity index (χ1v) is 10.6. The van der Waals surface area contributed by atoms with E-state index in [0.29, 0.717) is 0 Å². The van der Waals surface area contributed by atoms with Crippen molar-refractivity contribution in [3.8, 4) is 0 Å². The number of benzene rings is 2. The third-order valence-corrected chi connectivity index (χ3v) is 5.96. The minimum Gasteiger partial charge on any atom is -0.330 e. The first-order valence-electron chi connectivity index (χ1n) is 9.41. The lowest BCUT2D eigenvalue weighted by atomic mass is 10.0. The molecule has 3 N–H and O–H groups in total. The van der Waals surface area contributed by atoms with E-state index >= 15 is 0 Å². The van der Waals surface area contributed by atoms with Gasteiger partial charge in [0.25, 0.3) is 0 Å². The van der Waals surface area contributed by atoms with Crippen LogP contribution in [0.4, 0.5) is 0 Å². The highest BCUT2D eigenvalue weighted by Gasteiger charge is 2.16. The van der Waals surface area contributed by atoms with Gasteiger partial charge in [0, 0.05) is 9.50 Å². The zero-order valence-corrected chi connectivity index (χ0v) is 18.1. The van der Waals surface area contributed by atoms with Gasteiger partial charge in [0.2, 0.25) is 0 Å². The summed E-state index contributed by atoms with van der Waals surface area (Å²) >= 11 is 9.10. The molecule has 0 aromatic heterocycles. The molecule has 1 aliphatic heterocycles. The summed E-state index contributed by atoms with van der Waals surface area (Å²) < 4.78 is 1.03. The standard InChI is InChI=1S/C10H12.C7H6BrCl.C5H12N2/c1-8-6-7-9-4-2-3-5-10(8)9;1-5-2-3-6(8)4-7(5)9;6-3-5-1-2-7-4-5/h2-5,8H,6-7H2,1H3;2-4H,1H3;5,7H,1-4,6H2/t;;5-/m..1/s1. The highest BCUT2D eigenvalue weighted by Crippen LogP contribution is 2.31. The predicted molar refractivity (Wildman–Crippen MR) is 117 cm³/mol. The molecule has 2 atom stereocenters. The van der Waals surface area contributed by atoms with Crippen LogP contribution in [0, 0.1) is 12.8 Å². The van der Waals surface area contributed by atoms with Gasteiger partial charge in [-0.2, -0.15) is 0 Å². The van der Waals surface area contributed by atoms with Crippen LogP contribution in [0.1, 0.15) is 42.4 Å². The van der Waals surface area contributed by atoms with E-state index in [1.807, 2.05) is 25.1 Å². The number of halogens is 2. The van der Waals surface area contributed by atoms with E-state index in [0.717, 1.165) is 40.0 Å². The highest BCUT2D eigenvalue weighted by atomic mass is 79.9. The second-order valence-corrected chi connectivity index (χ2v) is 8.45. The number of hydrogen-bond acceptors (Lipinski definition) is 2. The van der Waals surface area contributed by atoms with Crippen LogP contribution in [0.2, 0.25) is 5.02 Å². The van der Waals surface area contributed by atoms with Gasteiger partial charge in [-0.25, -0.2) is 0 Å². The SMILES string of the molecule is CC1CCc2ccccc21.Cc1ccc(Br)cc1Cl.NC[C@H]1CCNC1. The largest absolute Gasteiger partial charge is 0.330 e. The molecule has 0 radical (unpaired) electrons. The Hall–Kier alpha value is -0.870. The molecule has 0 bridgehead atoms. The summed E-state index contributed by atoms with van der Waals surface area (Å²) in [7, 11) is 0. The molecule has 1 heterocycles. The number of hydrogen-bond donors (Lipinski definition) is 2. The van der Waals surface area contributed by atoms with Crippen molar-refractivity contribution < 1.29 is 0 Å². The molecule has 1 saturated heterocycles. The molecule has 2 nitrogen and oxygen atoms in total. The van der Waals surface area contributed by atoms with Crippen molar-refractivity contribution in [1.29, 1.82) is 0 Å². The van der Waals surface area contributed by atoms with Crippen LogP contribution in [-0.2, 0) is 6.42 Å². The summed E-state index contributed by atoms with van der Waals surface area (Å²) in [5, 5.41) is 4.05. The number of nitrogens with two attached hydrogens (primary N) is 1. The normalized spacial score (nSPS) is 20.5. The van der Waals surface area contributed by atoms with Crippen molar-refractivity contribution >= 4 is 27.5 Å². The van der Waals surface area contributed by atoms with Gasteiger partial charge in [0.1, 0.15) is 0 Å². The van der Waals surface area contributed by atoms with E-state index in [1.54, 1.807) is 11.1 Å². The van der Waals surface area contributed by atoms with E-state index in [4.69, 9.17) is 17.3 Å². The Labute approximate surface area is 171 Å². The van der Waals surface area contributed by atoms with E-state index in [-0.39, 0.29) is 0 Å². The molecule has 1 aliphatic carbocycles. The lowest BCUT2D eigenvalue weighted by molar-refractivity contribution is 0.596. The summed E-state index contributed by atoms with van der Waals surface area (Å²) in [5.41, 5.74) is 9.64. The molecular formula is C22H30BrClN2. The van der Waals surface area contributed by atoms with E-state index in [2.05, 4.69) is 52.4 Å². The van der Waals surface area contributed by atoms with Crippen LogP contribution in [0.15, 0.2) is 46.9 Å². The molecule has 4 rings (SSSR count). The molecule has 2 aromatic carbocycles. The minimum atomic E-state index is 0.764. The Bertz CT molecular complexity index is 684. The van der Waals surface area contributed by atoms with Gasteiger partial charge in [-0.05, 0) is 86.5 Å². The van der Waals surface area contributed by atoms with Gasteiger partial charge >= 0.3 is 0 Å². The van der Waals surface area contributed by atoms with E-state index in [9.17, 15) is 0 Å². The summed E-state index contributed by atoms with van der Waals surface area (Å²) in [6.07, 6.45) is 3.91. The molecule has 0 amide bonds. The fourth-order valence-electron chi connectivity index (χ4n) is 3.25. The van der Waals surface area contributed by atoms with Gasteiger partial charge in [-0.1, -0.05) is 64.8 Å². The lowest BCUT2D eigenvalue weighted by Crippen LogP contribution is -2.16. The van der Waals surface area contributed by atoms with Crippen LogP contribution in [0.5, 0.6) is 0 Å². The van der Waals surface area contributed by atoms with Crippen LogP contribution in [0.3, 0.4) is 0 Å². The molecule has 2 aliphatic rings. The summed E-state index contributed by atoms with van der Waals surface area (Å²) in [4.78, 5) is 0. The molecule has 2 aromatic rings. The average molecular weight is 438 g/mol. The fraction of sp³-hybridized carbons (Fsp3) is 0.455. The van der Waals surface area contributed by atoms with Gasteiger partial charge in [0.05, 0.1) is 0 Å². The molecule has 4 heteroatoms. The molecule has 0 spiro atoms. The van der Waals surface area contributed by atoms with Crippen molar-refractivity contribution in [1.82, 2.24) is 5.32 Å². The van der Waals surface area contributed by atoms with Crippen molar-refractivity contribution in [2.45, 2.75) is 39.0 Å². The van der Waals surface area contributed by atoms with Gasteiger partial charge in [-0.15, -0.1) is 0 Å². The van der Waals surface area contributed by atoms with Crippen molar-refractivity contribution in [3.05, 3.63) is 68.7 Å². The average Bonchev–Trinajstić information content (AvgIpc) is 3.30. The number of aryl methyl sites for hydroxylation is 2. The number of nitrogens with one attached hydrogen (secondary N) is 1. The maximum Gasteiger partial charge on any atom is 0.0446 e. The smallest absolute Gasteiger partial charge is 0.0446 e. The summed E-state index contributed by atoms with van der Waals surface area (Å²) in [6.45, 7) is 7.45. The van der Waals surface area contributed by atoms with E-state index in [1.165, 1.54) is 25.8 Å². The zero-order valence-electron chi connectivity index (χ0n) is 15.8. The molecular weight excluding hydrogens is 408 g/mol. The third kappa shape index (κ3) is 6.70. The minimum absolute atomic E-state index is 0.764. The predicted octanol–water partition coefficient (Wildman–Crippen LogP) is 5.70. The second-order valence-electron chi connectivity index (χ2n) is 7.13. The van der Waals surface area contributed by atoms with Crippen LogP contribution in [0.25, 0.3) is 0 Å². The second kappa shape index (κ2) is 11.1. The topological polar surface area (TPSA) is 38.0 Å². The third-order valence-electron chi connectivity index (χ3n) is 5.06. The summed E-state index contributed by atoms with van der Waals surface area (Å²) in [5.74, 6) is 1.57. The number of rotatable bonds is 1. The summed E-state index contributed by atoms with van der Waals surface area (Å²) in [6, 6.07) is 14.6. The van der Waals surface area contributed by atoms with Gasteiger partial charge in [0.15, 0.2) is 0 Å². The lowest BCUT2D eigenvalue weighted by Gasteiger charge is -2.01. The molecule has 1 fully saturated rings. The molecule has 1 unspecified atom stereocenters. The fourth-order valence-corrected chi connectivity index (χ4v) is 3.93. The Morgan fingerprint density at radius 2 is 1.96 bits per heavy atom.